The van der Waals surface area contributed by atoms with Crippen LogP contribution in [0.25, 0.3) is 55.6 Å². The quantitative estimate of drug-likeness (QED) is 0.0941. The molecule has 0 unspecified atom stereocenters. The molecule has 13 aromatic carbocycles. The van der Waals surface area contributed by atoms with Gasteiger partial charge in [0.25, 0.3) is 6.71 Å². The molecule has 432 valence electrons. The van der Waals surface area contributed by atoms with Crippen molar-refractivity contribution in [3.63, 3.8) is 0 Å². The van der Waals surface area contributed by atoms with Crippen LogP contribution >= 0.6 is 0 Å². The topological polar surface area (TPSA) is 6.48 Å². The number of nitrogens with zero attached hydrogens (tertiary/aromatic N) is 2. The molecule has 2 aliphatic heterocycles. The second-order valence-electron chi connectivity index (χ2n) is 26.4. The van der Waals surface area contributed by atoms with E-state index in [0.717, 1.165) is 11.4 Å². The molecule has 90 heavy (non-hydrogen) atoms. The third kappa shape index (κ3) is 9.66. The number of benzene rings is 13. The third-order valence-electron chi connectivity index (χ3n) is 18.9. The molecule has 15 rings (SSSR count). The summed E-state index contributed by atoms with van der Waals surface area (Å²) < 4.78 is 0. The van der Waals surface area contributed by atoms with E-state index in [-0.39, 0.29) is 17.5 Å². The van der Waals surface area contributed by atoms with Crippen molar-refractivity contribution in [3.8, 4) is 55.6 Å². The van der Waals surface area contributed by atoms with E-state index in [9.17, 15) is 0 Å². The van der Waals surface area contributed by atoms with Crippen LogP contribution in [-0.2, 0) is 10.8 Å². The van der Waals surface area contributed by atoms with Crippen LogP contribution in [0.3, 0.4) is 0 Å². The van der Waals surface area contributed by atoms with Gasteiger partial charge in [-0.05, 0) is 117 Å². The van der Waals surface area contributed by atoms with E-state index in [0.29, 0.717) is 0 Å². The van der Waals surface area contributed by atoms with Crippen LogP contribution in [-0.4, -0.2) is 14.8 Å². The Bertz CT molecular complexity index is 4540. The summed E-state index contributed by atoms with van der Waals surface area (Å²) in [6.45, 7) is 14.0. The van der Waals surface area contributed by atoms with Gasteiger partial charge in [0.15, 0.2) is 8.07 Å². The molecular weight excluding hydrogens is 1100 g/mol. The van der Waals surface area contributed by atoms with Crippen LogP contribution in [0.2, 0.25) is 0 Å². The molecule has 0 fully saturated rings. The number of rotatable bonds is 11. The predicted octanol–water partition coefficient (Wildman–Crippen LogP) is 18.1. The van der Waals surface area contributed by atoms with Crippen molar-refractivity contribution < 1.29 is 0 Å². The number of para-hydroxylation sites is 2. The van der Waals surface area contributed by atoms with Gasteiger partial charge in [-0.3, -0.25) is 0 Å². The molecule has 2 heterocycles. The zero-order valence-electron chi connectivity index (χ0n) is 52.1. The molecule has 0 saturated heterocycles. The third-order valence-corrected chi connectivity index (χ3v) is 23.7. The van der Waals surface area contributed by atoms with E-state index in [1.165, 1.54) is 127 Å². The highest BCUT2D eigenvalue weighted by Gasteiger charge is 2.47. The van der Waals surface area contributed by atoms with Crippen LogP contribution in [0.5, 0.6) is 0 Å². The lowest BCUT2D eigenvalue weighted by Crippen LogP contribution is -2.74. The van der Waals surface area contributed by atoms with Crippen molar-refractivity contribution in [1.82, 2.24) is 0 Å². The minimum atomic E-state index is -2.79. The molecule has 2 nitrogen and oxygen atoms in total. The Morgan fingerprint density at radius 2 is 0.600 bits per heavy atom. The van der Waals surface area contributed by atoms with Gasteiger partial charge in [0.2, 0.25) is 0 Å². The van der Waals surface area contributed by atoms with Crippen molar-refractivity contribution in [3.05, 3.63) is 333 Å². The summed E-state index contributed by atoms with van der Waals surface area (Å²) in [7, 11) is -2.79. The van der Waals surface area contributed by atoms with Gasteiger partial charge in [0.05, 0.1) is 11.4 Å². The average Bonchev–Trinajstić information content (AvgIpc) is 0.692. The van der Waals surface area contributed by atoms with Gasteiger partial charge in [-0.1, -0.05) is 339 Å². The highest BCUT2D eigenvalue weighted by molar-refractivity contribution is 7.19. The lowest BCUT2D eigenvalue weighted by atomic mass is 9.33. The monoisotopic (exact) mass is 1170 g/mol. The maximum absolute atomic E-state index is 2.79. The van der Waals surface area contributed by atoms with Crippen molar-refractivity contribution >= 4 is 86.0 Å². The first-order chi connectivity index (χ1) is 43.9. The van der Waals surface area contributed by atoms with Gasteiger partial charge < -0.3 is 9.80 Å². The first-order valence-electron chi connectivity index (χ1n) is 31.8. The van der Waals surface area contributed by atoms with E-state index in [4.69, 9.17) is 0 Å². The molecule has 0 N–H and O–H groups in total. The molecule has 0 atom stereocenters. The maximum atomic E-state index is 2.69. The standard InChI is InChI=1S/C86H71BN2Si/c1-85(2,3)66-51-54-76-79(57-66)89(84-74(63-34-18-9-19-35-63)46-29-47-75(84)64-36-20-10-21-37-64)81-59-67(86(4,5)6)58-80-82(81)87(76)77-56-65(50-55-78(77)88(80)83-72(61-30-14-7-15-31-61)44-28-45-73(83)62-32-16-8-17-33-62)60-48-52-71(53-49-60)90(68-38-22-11-23-39-68,69-40-24-12-25-41-69)70-42-26-13-27-43-70/h7-59H,1-6H3. The van der Waals surface area contributed by atoms with E-state index >= 15 is 0 Å². The fourth-order valence-corrected chi connectivity index (χ4v) is 19.3. The van der Waals surface area contributed by atoms with Crippen LogP contribution in [0, 0.1) is 0 Å². The van der Waals surface area contributed by atoms with E-state index in [2.05, 4.69) is 373 Å². The Balaban J connectivity index is 1.05. The molecule has 0 spiro atoms. The lowest BCUT2D eigenvalue weighted by molar-refractivity contribution is 0.590. The summed E-state index contributed by atoms with van der Waals surface area (Å²) in [5.74, 6) is 0. The normalized spacial score (nSPS) is 12.7. The first kappa shape index (κ1) is 56.3. The number of fused-ring (bicyclic) bond motifs is 4. The minimum Gasteiger partial charge on any atom is -0.310 e. The van der Waals surface area contributed by atoms with Gasteiger partial charge in [-0.15, -0.1) is 0 Å². The Kier molecular flexibility index (Phi) is 14.2. The molecule has 13 aromatic rings. The number of anilines is 6. The number of hydrogen-bond acceptors (Lipinski definition) is 2. The van der Waals surface area contributed by atoms with Gasteiger partial charge in [-0.2, -0.15) is 0 Å². The number of hydrogen-bond donors (Lipinski definition) is 0. The zero-order valence-corrected chi connectivity index (χ0v) is 53.1. The predicted molar refractivity (Wildman–Crippen MR) is 389 cm³/mol. The van der Waals surface area contributed by atoms with Gasteiger partial charge >= 0.3 is 0 Å². The molecule has 0 radical (unpaired) electrons. The fraction of sp³-hybridized carbons (Fsp3) is 0.0930. The van der Waals surface area contributed by atoms with Crippen LogP contribution in [0.15, 0.2) is 322 Å². The van der Waals surface area contributed by atoms with Crippen LogP contribution in [0.4, 0.5) is 34.1 Å². The Hall–Kier alpha value is -10.3. The molecule has 0 saturated carbocycles. The van der Waals surface area contributed by atoms with Gasteiger partial charge in [0, 0.05) is 45.0 Å². The van der Waals surface area contributed by atoms with Gasteiger partial charge in [-0.25, -0.2) is 0 Å². The van der Waals surface area contributed by atoms with Crippen LogP contribution < -0.4 is 46.9 Å². The molecule has 4 heteroatoms. The van der Waals surface area contributed by atoms with Crippen molar-refractivity contribution in [2.45, 2.75) is 52.4 Å². The molecule has 0 aromatic heterocycles. The van der Waals surface area contributed by atoms with Crippen molar-refractivity contribution in [1.29, 1.82) is 0 Å². The Labute approximate surface area is 533 Å². The summed E-state index contributed by atoms with van der Waals surface area (Å²) in [5, 5.41) is 5.43. The zero-order chi connectivity index (χ0) is 61.1. The molecule has 2 aliphatic rings. The lowest BCUT2D eigenvalue weighted by Gasteiger charge is -2.46. The largest absolute Gasteiger partial charge is 0.310 e. The summed E-state index contributed by atoms with van der Waals surface area (Å²) in [4.78, 5) is 5.36. The maximum Gasteiger partial charge on any atom is 0.252 e. The summed E-state index contributed by atoms with van der Waals surface area (Å²) in [6.07, 6.45) is 0. The molecular formula is C86H71BN2Si. The fourth-order valence-electron chi connectivity index (χ4n) is 14.5. The molecule has 0 aliphatic carbocycles. The molecule has 0 bridgehead atoms. The summed E-state index contributed by atoms with van der Waals surface area (Å²) in [5.41, 5.74) is 24.8. The van der Waals surface area contributed by atoms with E-state index in [1.807, 2.05) is 0 Å². The Morgan fingerprint density at radius 1 is 0.256 bits per heavy atom. The molecule has 0 amide bonds. The second-order valence-corrected chi connectivity index (χ2v) is 30.2. The SMILES string of the molecule is CC(C)(C)c1ccc2c(c1)N(c1c(-c3ccccc3)cccc1-c1ccccc1)c1cc(C(C)(C)C)cc3c1B2c1cc(-c2ccc([Si](c4ccccc4)(c4ccccc4)c4ccccc4)cc2)ccc1N3c1c(-c2ccccc2)cccc1-c1ccccc1. The van der Waals surface area contributed by atoms with Gasteiger partial charge in [0.1, 0.15) is 0 Å². The summed E-state index contributed by atoms with van der Waals surface area (Å²) in [6, 6.07) is 121. The Morgan fingerprint density at radius 3 is 0.989 bits per heavy atom. The van der Waals surface area contributed by atoms with E-state index < -0.39 is 8.07 Å². The smallest absolute Gasteiger partial charge is 0.252 e. The summed E-state index contributed by atoms with van der Waals surface area (Å²) >= 11 is 0. The minimum absolute atomic E-state index is 0.141. The first-order valence-corrected chi connectivity index (χ1v) is 33.8. The second kappa shape index (κ2) is 22.7. The average molecular weight is 1170 g/mol. The van der Waals surface area contributed by atoms with Crippen molar-refractivity contribution in [2.24, 2.45) is 0 Å². The highest BCUT2D eigenvalue weighted by atomic mass is 28.3. The highest BCUT2D eigenvalue weighted by Crippen LogP contribution is 2.54. The van der Waals surface area contributed by atoms with Crippen molar-refractivity contribution in [2.75, 3.05) is 9.80 Å². The van der Waals surface area contributed by atoms with Crippen LogP contribution in [0.1, 0.15) is 52.7 Å². The van der Waals surface area contributed by atoms with E-state index in [1.54, 1.807) is 0 Å².